The fourth-order valence-corrected chi connectivity index (χ4v) is 3.16. The Hall–Kier alpha value is -2.10. The zero-order valence-electron chi connectivity index (χ0n) is 13.1. The number of benzene rings is 1. The third kappa shape index (κ3) is 3.75. The summed E-state index contributed by atoms with van der Waals surface area (Å²) in [6, 6.07) is 6.62. The van der Waals surface area contributed by atoms with Gasteiger partial charge in [0.2, 0.25) is 5.91 Å². The number of carbonyl (C=O) groups is 1. The average Bonchev–Trinajstić information content (AvgIpc) is 2.99. The van der Waals surface area contributed by atoms with E-state index in [2.05, 4.69) is 28.5 Å². The highest BCUT2D eigenvalue weighted by Gasteiger charge is 2.12. The number of nitrogens with one attached hydrogen (secondary N) is 1. The van der Waals surface area contributed by atoms with Crippen molar-refractivity contribution in [3.63, 3.8) is 0 Å². The molecule has 0 bridgehead atoms. The molecule has 1 heterocycles. The van der Waals surface area contributed by atoms with Gasteiger partial charge >= 0.3 is 0 Å². The van der Waals surface area contributed by atoms with Gasteiger partial charge in [0.05, 0.1) is 12.7 Å². The molecule has 1 aromatic carbocycles. The molecule has 1 aromatic heterocycles. The Balaban J connectivity index is 1.55. The molecule has 1 aliphatic carbocycles. The average molecular weight is 297 g/mol. The number of aromatic nitrogens is 2. The first-order valence-electron chi connectivity index (χ1n) is 8.06. The highest BCUT2D eigenvalue weighted by molar-refractivity contribution is 5.78. The molecular weight excluding hydrogens is 274 g/mol. The van der Waals surface area contributed by atoms with Crippen molar-refractivity contribution in [3.05, 3.63) is 53.6 Å². The van der Waals surface area contributed by atoms with Gasteiger partial charge in [-0.2, -0.15) is 0 Å². The van der Waals surface area contributed by atoms with Crippen molar-refractivity contribution in [2.45, 2.75) is 51.6 Å². The van der Waals surface area contributed by atoms with E-state index in [-0.39, 0.29) is 11.9 Å². The summed E-state index contributed by atoms with van der Waals surface area (Å²) in [6.07, 6.45) is 10.8. The molecule has 1 N–H and O–H groups in total. The van der Waals surface area contributed by atoms with E-state index < -0.39 is 0 Å². The summed E-state index contributed by atoms with van der Waals surface area (Å²) in [5.74, 6) is 0.0865. The van der Waals surface area contributed by atoms with Crippen LogP contribution >= 0.6 is 0 Å². The van der Waals surface area contributed by atoms with Gasteiger partial charge in [-0.3, -0.25) is 4.79 Å². The van der Waals surface area contributed by atoms with E-state index in [1.54, 1.807) is 12.5 Å². The standard InChI is InChI=1S/C18H23N3O/c1-14(12-21-9-8-19-13-21)20-18(22)11-15-6-7-16-4-2-3-5-17(16)10-15/h6-10,13-14H,2-5,11-12H2,1H3,(H,20,22)/t14-/m1/s1. The highest BCUT2D eigenvalue weighted by atomic mass is 16.1. The van der Waals surface area contributed by atoms with Crippen molar-refractivity contribution in [2.24, 2.45) is 0 Å². The lowest BCUT2D eigenvalue weighted by atomic mass is 9.90. The van der Waals surface area contributed by atoms with Gasteiger partial charge in [0, 0.05) is 25.0 Å². The lowest BCUT2D eigenvalue weighted by molar-refractivity contribution is -0.121. The highest BCUT2D eigenvalue weighted by Crippen LogP contribution is 2.22. The Morgan fingerprint density at radius 1 is 1.32 bits per heavy atom. The first-order valence-corrected chi connectivity index (χ1v) is 8.06. The molecule has 22 heavy (non-hydrogen) atoms. The van der Waals surface area contributed by atoms with Crippen LogP contribution in [0.3, 0.4) is 0 Å². The maximum Gasteiger partial charge on any atom is 0.224 e. The number of nitrogens with zero attached hydrogens (tertiary/aromatic N) is 2. The van der Waals surface area contributed by atoms with Gasteiger partial charge in [0.1, 0.15) is 0 Å². The van der Waals surface area contributed by atoms with Crippen LogP contribution in [0, 0.1) is 0 Å². The minimum atomic E-state index is 0.0865. The second-order valence-corrected chi connectivity index (χ2v) is 6.21. The van der Waals surface area contributed by atoms with Gasteiger partial charge in [-0.1, -0.05) is 18.2 Å². The number of aryl methyl sites for hydroxylation is 2. The molecule has 116 valence electrons. The quantitative estimate of drug-likeness (QED) is 0.922. The third-order valence-corrected chi connectivity index (χ3v) is 4.23. The molecule has 1 atom stereocenters. The van der Waals surface area contributed by atoms with Crippen LogP contribution < -0.4 is 5.32 Å². The van der Waals surface area contributed by atoms with Crippen LogP contribution in [0.5, 0.6) is 0 Å². The number of amides is 1. The van der Waals surface area contributed by atoms with Crippen molar-refractivity contribution < 1.29 is 4.79 Å². The molecule has 1 aliphatic rings. The van der Waals surface area contributed by atoms with E-state index in [1.807, 2.05) is 17.7 Å². The number of hydrogen-bond donors (Lipinski definition) is 1. The van der Waals surface area contributed by atoms with Crippen molar-refractivity contribution in [1.29, 1.82) is 0 Å². The number of hydrogen-bond acceptors (Lipinski definition) is 2. The lowest BCUT2D eigenvalue weighted by Crippen LogP contribution is -2.36. The molecule has 0 radical (unpaired) electrons. The lowest BCUT2D eigenvalue weighted by Gasteiger charge is -2.17. The third-order valence-electron chi connectivity index (χ3n) is 4.23. The van der Waals surface area contributed by atoms with Crippen LogP contribution in [0.1, 0.15) is 36.5 Å². The van der Waals surface area contributed by atoms with Crippen molar-refractivity contribution >= 4 is 5.91 Å². The van der Waals surface area contributed by atoms with Gasteiger partial charge in [0.15, 0.2) is 0 Å². The molecule has 3 rings (SSSR count). The number of fused-ring (bicyclic) bond motifs is 1. The summed E-state index contributed by atoms with van der Waals surface area (Å²) < 4.78 is 1.98. The molecule has 0 aliphatic heterocycles. The predicted molar refractivity (Wildman–Crippen MR) is 86.6 cm³/mol. The Bertz CT molecular complexity index is 634. The Morgan fingerprint density at radius 2 is 2.14 bits per heavy atom. The Morgan fingerprint density at radius 3 is 2.91 bits per heavy atom. The summed E-state index contributed by atoms with van der Waals surface area (Å²) in [7, 11) is 0. The van der Waals surface area contributed by atoms with Crippen LogP contribution in [0.15, 0.2) is 36.9 Å². The summed E-state index contributed by atoms with van der Waals surface area (Å²) >= 11 is 0. The fourth-order valence-electron chi connectivity index (χ4n) is 3.16. The van der Waals surface area contributed by atoms with E-state index in [9.17, 15) is 4.79 Å². The second-order valence-electron chi connectivity index (χ2n) is 6.21. The summed E-state index contributed by atoms with van der Waals surface area (Å²) in [5, 5.41) is 3.06. The monoisotopic (exact) mass is 297 g/mol. The summed E-state index contributed by atoms with van der Waals surface area (Å²) in [6.45, 7) is 2.76. The minimum absolute atomic E-state index is 0.0865. The van der Waals surface area contributed by atoms with Gasteiger partial charge in [-0.15, -0.1) is 0 Å². The van der Waals surface area contributed by atoms with Gasteiger partial charge in [-0.25, -0.2) is 4.98 Å². The van der Waals surface area contributed by atoms with Gasteiger partial charge < -0.3 is 9.88 Å². The molecule has 0 saturated heterocycles. The first kappa shape index (κ1) is 14.8. The predicted octanol–water partition coefficient (Wildman–Crippen LogP) is 2.51. The van der Waals surface area contributed by atoms with Crippen LogP contribution in [0.4, 0.5) is 0 Å². The van der Waals surface area contributed by atoms with E-state index in [1.165, 1.54) is 30.4 Å². The Kier molecular flexibility index (Phi) is 4.56. The molecule has 4 heteroatoms. The SMILES string of the molecule is C[C@H](Cn1ccnc1)NC(=O)Cc1ccc2c(c1)CCCC2. The molecule has 4 nitrogen and oxygen atoms in total. The van der Waals surface area contributed by atoms with Crippen molar-refractivity contribution in [1.82, 2.24) is 14.9 Å². The molecule has 0 unspecified atom stereocenters. The second kappa shape index (κ2) is 6.77. The summed E-state index contributed by atoms with van der Waals surface area (Å²) in [5.41, 5.74) is 4.01. The summed E-state index contributed by atoms with van der Waals surface area (Å²) in [4.78, 5) is 16.2. The number of imidazole rings is 1. The minimum Gasteiger partial charge on any atom is -0.352 e. The zero-order valence-corrected chi connectivity index (χ0v) is 13.1. The maximum atomic E-state index is 12.2. The van der Waals surface area contributed by atoms with Crippen molar-refractivity contribution in [3.8, 4) is 0 Å². The van der Waals surface area contributed by atoms with E-state index in [4.69, 9.17) is 0 Å². The largest absolute Gasteiger partial charge is 0.352 e. The van der Waals surface area contributed by atoms with Crippen LogP contribution in [0.2, 0.25) is 0 Å². The van der Waals surface area contributed by atoms with Crippen LogP contribution in [-0.2, 0) is 30.6 Å². The molecule has 0 saturated carbocycles. The number of carbonyl (C=O) groups excluding carboxylic acids is 1. The molecular formula is C18H23N3O. The van der Waals surface area contributed by atoms with Crippen LogP contribution in [0.25, 0.3) is 0 Å². The van der Waals surface area contributed by atoms with Gasteiger partial charge in [-0.05, 0) is 49.3 Å². The molecule has 0 spiro atoms. The zero-order chi connectivity index (χ0) is 15.4. The van der Waals surface area contributed by atoms with E-state index in [0.29, 0.717) is 6.42 Å². The fraction of sp³-hybridized carbons (Fsp3) is 0.444. The van der Waals surface area contributed by atoms with Crippen molar-refractivity contribution in [2.75, 3.05) is 0 Å². The molecule has 2 aromatic rings. The molecule has 0 fully saturated rings. The van der Waals surface area contributed by atoms with E-state index in [0.717, 1.165) is 18.5 Å². The topological polar surface area (TPSA) is 46.9 Å². The maximum absolute atomic E-state index is 12.2. The van der Waals surface area contributed by atoms with E-state index >= 15 is 0 Å². The van der Waals surface area contributed by atoms with Crippen LogP contribution in [-0.4, -0.2) is 21.5 Å². The van der Waals surface area contributed by atoms with Gasteiger partial charge in [0.25, 0.3) is 0 Å². The number of rotatable bonds is 5. The normalized spacial score (nSPS) is 15.1. The molecule has 1 amide bonds. The smallest absolute Gasteiger partial charge is 0.224 e. The first-order chi connectivity index (χ1) is 10.7. The Labute approximate surface area is 131 Å².